The van der Waals surface area contributed by atoms with Crippen molar-refractivity contribution in [2.45, 2.75) is 65.2 Å². The van der Waals surface area contributed by atoms with Gasteiger partial charge in [0.25, 0.3) is 0 Å². The summed E-state index contributed by atoms with van der Waals surface area (Å²) in [6, 6.07) is 0. The zero-order valence-electron chi connectivity index (χ0n) is 15.1. The minimum Gasteiger partial charge on any atom is -0.481 e. The molecule has 2 N–H and O–H groups in total. The number of allylic oxidation sites excluding steroid dienone is 3. The molecule has 0 rings (SSSR count). The smallest absolute Gasteiger partial charge is 0.407 e. The Bertz CT molecular complexity index is 391. The van der Waals surface area contributed by atoms with E-state index >= 15 is 0 Å². The van der Waals surface area contributed by atoms with E-state index in [9.17, 15) is 9.59 Å². The summed E-state index contributed by atoms with van der Waals surface area (Å²) in [5, 5.41) is 11.1. The molecule has 0 fully saturated rings. The SMILES string of the molecule is CCCCC[C@H](C)/C=C/C=C\CNC(=O)OCCCCCC(=O)O. The van der Waals surface area contributed by atoms with Gasteiger partial charge in [0.05, 0.1) is 6.61 Å². The molecule has 138 valence electrons. The van der Waals surface area contributed by atoms with E-state index < -0.39 is 12.1 Å². The van der Waals surface area contributed by atoms with Crippen LogP contribution in [0.4, 0.5) is 4.79 Å². The van der Waals surface area contributed by atoms with Gasteiger partial charge in [0.1, 0.15) is 0 Å². The zero-order chi connectivity index (χ0) is 18.0. The summed E-state index contributed by atoms with van der Waals surface area (Å²) in [6.45, 7) is 5.18. The molecule has 0 aliphatic carbocycles. The Morgan fingerprint density at radius 2 is 1.92 bits per heavy atom. The number of hydrogen-bond acceptors (Lipinski definition) is 3. The van der Waals surface area contributed by atoms with E-state index in [0.29, 0.717) is 31.9 Å². The first-order chi connectivity index (χ1) is 11.6. The molecular formula is C19H33NO4. The van der Waals surface area contributed by atoms with E-state index in [1.165, 1.54) is 25.7 Å². The van der Waals surface area contributed by atoms with Crippen molar-refractivity contribution in [3.05, 3.63) is 24.3 Å². The van der Waals surface area contributed by atoms with Gasteiger partial charge in [0.15, 0.2) is 0 Å². The van der Waals surface area contributed by atoms with Crippen molar-refractivity contribution in [2.75, 3.05) is 13.2 Å². The molecule has 0 spiro atoms. The van der Waals surface area contributed by atoms with Gasteiger partial charge in [-0.1, -0.05) is 57.4 Å². The average molecular weight is 339 g/mol. The zero-order valence-corrected chi connectivity index (χ0v) is 15.1. The highest BCUT2D eigenvalue weighted by molar-refractivity contribution is 5.67. The minimum atomic E-state index is -0.787. The maximum Gasteiger partial charge on any atom is 0.407 e. The number of carboxylic acids is 1. The maximum atomic E-state index is 11.4. The first-order valence-corrected chi connectivity index (χ1v) is 9.02. The first kappa shape index (κ1) is 22.2. The van der Waals surface area contributed by atoms with Gasteiger partial charge in [-0.15, -0.1) is 0 Å². The molecule has 0 aromatic rings. The van der Waals surface area contributed by atoms with Gasteiger partial charge in [-0.3, -0.25) is 4.79 Å². The van der Waals surface area contributed by atoms with Gasteiger partial charge in [0, 0.05) is 13.0 Å². The van der Waals surface area contributed by atoms with Crippen LogP contribution in [0.1, 0.15) is 65.2 Å². The molecule has 1 amide bonds. The highest BCUT2D eigenvalue weighted by Gasteiger charge is 2.00. The number of unbranched alkanes of at least 4 members (excludes halogenated alkanes) is 4. The second kappa shape index (κ2) is 16.1. The lowest BCUT2D eigenvalue weighted by molar-refractivity contribution is -0.137. The Morgan fingerprint density at radius 3 is 2.62 bits per heavy atom. The van der Waals surface area contributed by atoms with Crippen LogP contribution in [0.3, 0.4) is 0 Å². The molecule has 0 saturated carbocycles. The van der Waals surface area contributed by atoms with Gasteiger partial charge < -0.3 is 15.2 Å². The van der Waals surface area contributed by atoms with Gasteiger partial charge in [0.2, 0.25) is 0 Å². The Morgan fingerprint density at radius 1 is 1.12 bits per heavy atom. The summed E-state index contributed by atoms with van der Waals surface area (Å²) in [7, 11) is 0. The summed E-state index contributed by atoms with van der Waals surface area (Å²) < 4.78 is 5.00. The van der Waals surface area contributed by atoms with Crippen LogP contribution in [0, 0.1) is 5.92 Å². The van der Waals surface area contributed by atoms with Crippen molar-refractivity contribution in [1.82, 2.24) is 5.32 Å². The van der Waals surface area contributed by atoms with Crippen molar-refractivity contribution in [3.63, 3.8) is 0 Å². The average Bonchev–Trinajstić information content (AvgIpc) is 2.54. The Labute approximate surface area is 146 Å². The third-order valence-corrected chi connectivity index (χ3v) is 3.58. The van der Waals surface area contributed by atoms with Crippen molar-refractivity contribution in [3.8, 4) is 0 Å². The number of rotatable bonds is 14. The van der Waals surface area contributed by atoms with Crippen LogP contribution in [0.2, 0.25) is 0 Å². The van der Waals surface area contributed by atoms with Crippen molar-refractivity contribution in [2.24, 2.45) is 5.92 Å². The number of amides is 1. The van der Waals surface area contributed by atoms with Crippen molar-refractivity contribution in [1.29, 1.82) is 0 Å². The number of alkyl carbamates (subject to hydrolysis) is 1. The fourth-order valence-electron chi connectivity index (χ4n) is 2.13. The molecule has 0 saturated heterocycles. The number of nitrogens with one attached hydrogen (secondary N) is 1. The van der Waals surface area contributed by atoms with Gasteiger partial charge in [-0.05, 0) is 31.6 Å². The fourth-order valence-corrected chi connectivity index (χ4v) is 2.13. The standard InChI is InChI=1S/C19H33NO4/c1-3-4-7-12-17(2)13-8-5-10-15-20-19(23)24-16-11-6-9-14-18(21)22/h5,8,10,13,17H,3-4,6-7,9,11-12,14-16H2,1-2H3,(H,20,23)(H,21,22)/b10-5-,13-8+/t17-/m0/s1. The van der Waals surface area contributed by atoms with Crippen LogP contribution in [0.5, 0.6) is 0 Å². The molecule has 0 radical (unpaired) electrons. The molecule has 0 heterocycles. The summed E-state index contributed by atoms with van der Waals surface area (Å²) in [5.74, 6) is -0.204. The quantitative estimate of drug-likeness (QED) is 0.356. The van der Waals surface area contributed by atoms with E-state index in [1.807, 2.05) is 18.2 Å². The van der Waals surface area contributed by atoms with Crippen molar-refractivity contribution >= 4 is 12.1 Å². The van der Waals surface area contributed by atoms with Crippen LogP contribution in [-0.4, -0.2) is 30.3 Å². The first-order valence-electron chi connectivity index (χ1n) is 9.02. The predicted molar refractivity (Wildman–Crippen MR) is 97.0 cm³/mol. The van der Waals surface area contributed by atoms with E-state index in [2.05, 4.69) is 25.2 Å². The summed E-state index contributed by atoms with van der Waals surface area (Å²) in [5.41, 5.74) is 0. The lowest BCUT2D eigenvalue weighted by atomic mass is 10.0. The monoisotopic (exact) mass is 339 g/mol. The van der Waals surface area contributed by atoms with Gasteiger partial charge in [-0.25, -0.2) is 4.79 Å². The summed E-state index contributed by atoms with van der Waals surface area (Å²) >= 11 is 0. The molecule has 0 aliphatic heterocycles. The lowest BCUT2D eigenvalue weighted by Gasteiger charge is -2.05. The maximum absolute atomic E-state index is 11.4. The Kier molecular flexibility index (Phi) is 14.9. The fraction of sp³-hybridized carbons (Fsp3) is 0.684. The molecule has 0 bridgehead atoms. The van der Waals surface area contributed by atoms with Gasteiger partial charge in [-0.2, -0.15) is 0 Å². The highest BCUT2D eigenvalue weighted by atomic mass is 16.5. The Balaban J connectivity index is 3.54. The van der Waals surface area contributed by atoms with Crippen LogP contribution < -0.4 is 5.32 Å². The summed E-state index contributed by atoms with van der Waals surface area (Å²) in [4.78, 5) is 21.7. The van der Waals surface area contributed by atoms with E-state index in [-0.39, 0.29) is 6.42 Å². The molecule has 5 nitrogen and oxygen atoms in total. The van der Waals surface area contributed by atoms with Crippen LogP contribution in [0.15, 0.2) is 24.3 Å². The number of aliphatic carboxylic acids is 1. The molecule has 0 aromatic carbocycles. The Hall–Kier alpha value is -1.78. The molecule has 5 heteroatoms. The highest BCUT2D eigenvalue weighted by Crippen LogP contribution is 2.10. The van der Waals surface area contributed by atoms with E-state index in [1.54, 1.807) is 0 Å². The molecule has 1 atom stereocenters. The molecule has 24 heavy (non-hydrogen) atoms. The second-order valence-electron chi connectivity index (χ2n) is 6.01. The van der Waals surface area contributed by atoms with Crippen LogP contribution >= 0.6 is 0 Å². The topological polar surface area (TPSA) is 75.6 Å². The largest absolute Gasteiger partial charge is 0.481 e. The predicted octanol–water partition coefficient (Wildman–Crippen LogP) is 4.69. The lowest BCUT2D eigenvalue weighted by Crippen LogP contribution is -2.24. The molecular weight excluding hydrogens is 306 g/mol. The number of hydrogen-bond donors (Lipinski definition) is 2. The minimum absolute atomic E-state index is 0.168. The van der Waals surface area contributed by atoms with Crippen LogP contribution in [0.25, 0.3) is 0 Å². The third-order valence-electron chi connectivity index (χ3n) is 3.58. The number of carbonyl (C=O) groups is 2. The van der Waals surface area contributed by atoms with Crippen LogP contribution in [-0.2, 0) is 9.53 Å². The number of carbonyl (C=O) groups excluding carboxylic acids is 1. The van der Waals surface area contributed by atoms with Gasteiger partial charge >= 0.3 is 12.1 Å². The molecule has 0 aromatic heterocycles. The molecule has 0 unspecified atom stereocenters. The number of ether oxygens (including phenoxy) is 1. The van der Waals surface area contributed by atoms with E-state index in [0.717, 1.165) is 6.42 Å². The number of carboxylic acid groups (broad SMARTS) is 1. The second-order valence-corrected chi connectivity index (χ2v) is 6.01. The third kappa shape index (κ3) is 16.6. The van der Waals surface area contributed by atoms with E-state index in [4.69, 9.17) is 9.84 Å². The normalized spacial score (nSPS) is 12.6. The molecule has 0 aliphatic rings. The summed E-state index contributed by atoms with van der Waals surface area (Å²) in [6.07, 6.45) is 14.8. The van der Waals surface area contributed by atoms with Crippen molar-refractivity contribution < 1.29 is 19.4 Å².